The highest BCUT2D eigenvalue weighted by Crippen LogP contribution is 2.39. The van der Waals surface area contributed by atoms with E-state index in [-0.39, 0.29) is 0 Å². The van der Waals surface area contributed by atoms with Gasteiger partial charge in [-0.15, -0.1) is 0 Å². The molecule has 3 heteroatoms. The van der Waals surface area contributed by atoms with Gasteiger partial charge >= 0.3 is 0 Å². The first-order valence-electron chi connectivity index (χ1n) is 8.80. The number of allylic oxidation sites excluding steroid dienone is 1. The van der Waals surface area contributed by atoms with Crippen molar-refractivity contribution in [3.8, 4) is 0 Å². The quantitative estimate of drug-likeness (QED) is 0.843. The number of hydrogen-bond donors (Lipinski definition) is 0. The van der Waals surface area contributed by atoms with Crippen molar-refractivity contribution >= 4 is 5.57 Å². The van der Waals surface area contributed by atoms with Crippen molar-refractivity contribution < 1.29 is 0 Å². The molecule has 2 aromatic rings. The van der Waals surface area contributed by atoms with E-state index in [4.69, 9.17) is 0 Å². The third kappa shape index (κ3) is 2.57. The molecule has 23 heavy (non-hydrogen) atoms. The van der Waals surface area contributed by atoms with Gasteiger partial charge in [-0.3, -0.25) is 0 Å². The fourth-order valence-electron chi connectivity index (χ4n) is 4.61. The fraction of sp³-hybridized carbons (Fsp3) is 0.500. The van der Waals surface area contributed by atoms with Crippen molar-refractivity contribution in [3.05, 3.63) is 54.1 Å². The Balaban J connectivity index is 1.71. The molecule has 1 unspecified atom stereocenters. The van der Waals surface area contributed by atoms with Crippen molar-refractivity contribution in [2.24, 2.45) is 20.0 Å². The highest BCUT2D eigenvalue weighted by Gasteiger charge is 2.37. The second kappa shape index (κ2) is 5.72. The number of hydrogen-bond acceptors (Lipinski definition) is 1. The number of aryl methyl sites for hydroxylation is 2. The Labute approximate surface area is 139 Å². The van der Waals surface area contributed by atoms with Gasteiger partial charge in [0, 0.05) is 55.5 Å². The van der Waals surface area contributed by atoms with Crippen LogP contribution in [0.2, 0.25) is 0 Å². The zero-order valence-corrected chi connectivity index (χ0v) is 14.4. The van der Waals surface area contributed by atoms with Gasteiger partial charge in [-0.1, -0.05) is 6.08 Å². The van der Waals surface area contributed by atoms with Crippen LogP contribution in [0.25, 0.3) is 5.57 Å². The second-order valence-corrected chi connectivity index (χ2v) is 7.37. The second-order valence-electron chi connectivity index (χ2n) is 7.37. The van der Waals surface area contributed by atoms with Gasteiger partial charge < -0.3 is 14.0 Å². The van der Waals surface area contributed by atoms with Crippen LogP contribution in [0.15, 0.2) is 42.7 Å². The fourth-order valence-corrected chi connectivity index (χ4v) is 4.61. The van der Waals surface area contributed by atoms with Crippen LogP contribution in [0.3, 0.4) is 0 Å². The van der Waals surface area contributed by atoms with Crippen molar-refractivity contribution in [2.45, 2.75) is 37.8 Å². The zero-order valence-electron chi connectivity index (χ0n) is 14.4. The van der Waals surface area contributed by atoms with Crippen LogP contribution < -0.4 is 0 Å². The third-order valence-electron chi connectivity index (χ3n) is 5.98. The predicted molar refractivity (Wildman–Crippen MR) is 95.2 cm³/mol. The van der Waals surface area contributed by atoms with Gasteiger partial charge in [0.15, 0.2) is 0 Å². The van der Waals surface area contributed by atoms with Gasteiger partial charge in [0.25, 0.3) is 0 Å². The van der Waals surface area contributed by atoms with E-state index in [1.807, 2.05) is 0 Å². The first kappa shape index (κ1) is 14.8. The molecule has 2 aromatic heterocycles. The molecule has 2 bridgehead atoms. The van der Waals surface area contributed by atoms with Crippen molar-refractivity contribution in [3.63, 3.8) is 0 Å². The van der Waals surface area contributed by atoms with E-state index in [0.717, 1.165) is 12.1 Å². The van der Waals surface area contributed by atoms with Gasteiger partial charge in [-0.2, -0.15) is 0 Å². The Morgan fingerprint density at radius 3 is 1.87 bits per heavy atom. The Kier molecular flexibility index (Phi) is 3.68. The molecule has 2 aliphatic heterocycles. The summed E-state index contributed by atoms with van der Waals surface area (Å²) in [5.74, 6) is 0.698. The summed E-state index contributed by atoms with van der Waals surface area (Å²) in [4.78, 5) is 2.62. The zero-order chi connectivity index (χ0) is 16.0. The van der Waals surface area contributed by atoms with Gasteiger partial charge in [0.2, 0.25) is 0 Å². The predicted octanol–water partition coefficient (Wildman–Crippen LogP) is 3.67. The maximum atomic E-state index is 2.62. The molecule has 3 nitrogen and oxygen atoms in total. The summed E-state index contributed by atoms with van der Waals surface area (Å²) in [6.45, 7) is 0. The van der Waals surface area contributed by atoms with Crippen LogP contribution in [-0.2, 0) is 14.1 Å². The van der Waals surface area contributed by atoms with E-state index in [1.165, 1.54) is 42.6 Å². The summed E-state index contributed by atoms with van der Waals surface area (Å²) < 4.78 is 4.48. The lowest BCUT2D eigenvalue weighted by atomic mass is 9.88. The topological polar surface area (TPSA) is 13.1 Å². The van der Waals surface area contributed by atoms with Crippen LogP contribution in [0.5, 0.6) is 0 Å². The summed E-state index contributed by atoms with van der Waals surface area (Å²) in [5, 5.41) is 0. The van der Waals surface area contributed by atoms with Gasteiger partial charge in [0.05, 0.1) is 0 Å². The first-order valence-corrected chi connectivity index (χ1v) is 8.80. The lowest BCUT2D eigenvalue weighted by Crippen LogP contribution is -2.39. The molecule has 4 heterocycles. The summed E-state index contributed by atoms with van der Waals surface area (Å²) in [7, 11) is 6.60. The summed E-state index contributed by atoms with van der Waals surface area (Å²) >= 11 is 0. The highest BCUT2D eigenvalue weighted by molar-refractivity contribution is 5.77. The van der Waals surface area contributed by atoms with E-state index in [0.29, 0.717) is 5.92 Å². The number of fused-ring (bicyclic) bond motifs is 2. The van der Waals surface area contributed by atoms with Crippen molar-refractivity contribution in [2.75, 3.05) is 7.05 Å². The number of nitrogens with zero attached hydrogens (tertiary/aromatic N) is 3. The molecule has 2 aliphatic rings. The first-order chi connectivity index (χ1) is 11.1. The monoisotopic (exact) mass is 309 g/mol. The van der Waals surface area contributed by atoms with Crippen LogP contribution in [-0.4, -0.2) is 33.2 Å². The molecule has 0 N–H and O–H groups in total. The SMILES string of the molecule is CN1[C@@H]2CC[C@H]1CC(C=C(c1cccn1C)c1cccn1C)C2. The summed E-state index contributed by atoms with van der Waals surface area (Å²) in [6, 6.07) is 10.3. The van der Waals surface area contributed by atoms with Crippen LogP contribution >= 0.6 is 0 Å². The molecular formula is C20H27N3. The molecule has 0 saturated carbocycles. The van der Waals surface area contributed by atoms with Crippen LogP contribution in [0.4, 0.5) is 0 Å². The molecule has 0 aromatic carbocycles. The largest absolute Gasteiger partial charge is 0.351 e. The molecule has 4 rings (SSSR count). The number of piperidine rings is 1. The van der Waals surface area contributed by atoms with E-state index < -0.39 is 0 Å². The Morgan fingerprint density at radius 1 is 0.913 bits per heavy atom. The van der Waals surface area contributed by atoms with Gasteiger partial charge in [-0.25, -0.2) is 0 Å². The molecule has 0 aliphatic carbocycles. The molecule has 2 fully saturated rings. The van der Waals surface area contributed by atoms with Crippen molar-refractivity contribution in [1.82, 2.24) is 14.0 Å². The lowest BCUT2D eigenvalue weighted by Gasteiger charge is -2.35. The number of rotatable bonds is 3. The number of aromatic nitrogens is 2. The molecule has 3 atom stereocenters. The van der Waals surface area contributed by atoms with Gasteiger partial charge in [0.1, 0.15) is 0 Å². The Hall–Kier alpha value is -1.74. The maximum Gasteiger partial charge on any atom is 0.0495 e. The van der Waals surface area contributed by atoms with E-state index in [9.17, 15) is 0 Å². The van der Waals surface area contributed by atoms with Crippen LogP contribution in [0.1, 0.15) is 37.1 Å². The molecule has 0 spiro atoms. The molecule has 122 valence electrons. The Bertz CT molecular complexity index is 665. The maximum absolute atomic E-state index is 2.62. The minimum absolute atomic E-state index is 0.698. The molecule has 2 saturated heterocycles. The smallest absolute Gasteiger partial charge is 0.0495 e. The minimum atomic E-state index is 0.698. The van der Waals surface area contributed by atoms with E-state index in [1.54, 1.807) is 0 Å². The third-order valence-corrected chi connectivity index (χ3v) is 5.98. The lowest BCUT2D eigenvalue weighted by molar-refractivity contribution is 0.152. The standard InChI is InChI=1S/C20H27N3/c1-21-10-4-6-19(21)18(20-7-5-11-22(20)2)14-15-12-16-8-9-17(13-15)23(16)3/h4-7,10-11,14-17H,8-9,12-13H2,1-3H3/t15?,16-,17+. The van der Waals surface area contributed by atoms with Crippen LogP contribution in [0, 0.1) is 5.92 Å². The average Bonchev–Trinajstić information content (AvgIpc) is 3.17. The molecule has 0 amide bonds. The van der Waals surface area contributed by atoms with E-state index in [2.05, 4.69) is 77.9 Å². The summed E-state index contributed by atoms with van der Waals surface area (Å²) in [6.07, 6.45) is 12.2. The highest BCUT2D eigenvalue weighted by atomic mass is 15.2. The molecular weight excluding hydrogens is 282 g/mol. The molecule has 0 radical (unpaired) electrons. The minimum Gasteiger partial charge on any atom is -0.351 e. The van der Waals surface area contributed by atoms with Crippen molar-refractivity contribution in [1.29, 1.82) is 0 Å². The van der Waals surface area contributed by atoms with Gasteiger partial charge in [-0.05, 0) is 62.9 Å². The summed E-state index contributed by atoms with van der Waals surface area (Å²) in [5.41, 5.74) is 4.02. The normalized spacial score (nSPS) is 27.3. The average molecular weight is 309 g/mol. The van der Waals surface area contributed by atoms with E-state index >= 15 is 0 Å². The Morgan fingerprint density at radius 2 is 1.43 bits per heavy atom.